The van der Waals surface area contributed by atoms with Gasteiger partial charge in [0, 0.05) is 37.1 Å². The first-order chi connectivity index (χ1) is 7.20. The van der Waals surface area contributed by atoms with Crippen LogP contribution in [0.15, 0.2) is 24.4 Å². The molecule has 3 heteroatoms. The summed E-state index contributed by atoms with van der Waals surface area (Å²) in [5.74, 6) is 0.516. The average Bonchev–Trinajstić information content (AvgIpc) is 2.60. The smallest absolute Gasteiger partial charge is 0.227 e. The van der Waals surface area contributed by atoms with E-state index in [1.807, 2.05) is 6.08 Å². The molecule has 0 spiro atoms. The third-order valence-electron chi connectivity index (χ3n) is 3.02. The van der Waals surface area contributed by atoms with E-state index in [0.717, 1.165) is 18.5 Å². The third kappa shape index (κ3) is 2.01. The highest BCUT2D eigenvalue weighted by molar-refractivity contribution is 5.92. The molecule has 3 nitrogen and oxygen atoms in total. The van der Waals surface area contributed by atoms with Crippen molar-refractivity contribution in [3.05, 3.63) is 24.4 Å². The van der Waals surface area contributed by atoms with E-state index >= 15 is 0 Å². The van der Waals surface area contributed by atoms with Gasteiger partial charge in [-0.15, -0.1) is 6.58 Å². The Morgan fingerprint density at radius 1 is 1.40 bits per heavy atom. The molecule has 0 aromatic heterocycles. The van der Waals surface area contributed by atoms with E-state index in [-0.39, 0.29) is 17.6 Å². The van der Waals surface area contributed by atoms with Crippen molar-refractivity contribution in [2.24, 2.45) is 5.92 Å². The molecule has 0 N–H and O–H groups in total. The largest absolute Gasteiger partial charge is 0.315 e. The summed E-state index contributed by atoms with van der Waals surface area (Å²) in [4.78, 5) is 24.7. The van der Waals surface area contributed by atoms with Gasteiger partial charge in [-0.25, -0.2) is 0 Å². The Hall–Kier alpha value is -1.38. The van der Waals surface area contributed by atoms with Crippen molar-refractivity contribution in [1.29, 1.82) is 0 Å². The van der Waals surface area contributed by atoms with Gasteiger partial charge in [0.15, 0.2) is 5.78 Å². The van der Waals surface area contributed by atoms with E-state index in [2.05, 4.69) is 6.58 Å². The summed E-state index contributed by atoms with van der Waals surface area (Å²) in [5.41, 5.74) is 0.903. The van der Waals surface area contributed by atoms with E-state index in [0.29, 0.717) is 19.4 Å². The average molecular weight is 205 g/mol. The molecule has 0 saturated carbocycles. The van der Waals surface area contributed by atoms with Crippen molar-refractivity contribution in [2.75, 3.05) is 6.54 Å². The first-order valence-electron chi connectivity index (χ1n) is 5.37. The lowest BCUT2D eigenvalue weighted by atomic mass is 10.0. The Labute approximate surface area is 89.4 Å². The number of ketones is 1. The van der Waals surface area contributed by atoms with Crippen LogP contribution in [-0.2, 0) is 9.59 Å². The normalized spacial score (nSPS) is 26.8. The highest BCUT2D eigenvalue weighted by Gasteiger charge is 2.30. The number of hydrogen-bond acceptors (Lipinski definition) is 2. The molecule has 1 aliphatic carbocycles. The van der Waals surface area contributed by atoms with Crippen LogP contribution in [0.4, 0.5) is 0 Å². The molecule has 1 fully saturated rings. The summed E-state index contributed by atoms with van der Waals surface area (Å²) >= 11 is 0. The van der Waals surface area contributed by atoms with E-state index < -0.39 is 0 Å². The number of likely N-dealkylation sites (tertiary alicyclic amines) is 1. The molecule has 2 rings (SSSR count). The van der Waals surface area contributed by atoms with Crippen molar-refractivity contribution < 1.29 is 9.59 Å². The molecule has 80 valence electrons. The SMILES string of the molecule is C=CC1CC(=O)N(C2=CC(=O)CCC2)C1. The van der Waals surface area contributed by atoms with Gasteiger partial charge in [0.2, 0.25) is 5.91 Å². The fraction of sp³-hybridized carbons (Fsp3) is 0.500. The quantitative estimate of drug-likeness (QED) is 0.643. The fourth-order valence-corrected chi connectivity index (χ4v) is 2.16. The Morgan fingerprint density at radius 3 is 2.80 bits per heavy atom. The molecule has 1 amide bonds. The molecular formula is C12H15NO2. The highest BCUT2D eigenvalue weighted by atomic mass is 16.2. The minimum Gasteiger partial charge on any atom is -0.315 e. The van der Waals surface area contributed by atoms with Gasteiger partial charge in [0.05, 0.1) is 0 Å². The van der Waals surface area contributed by atoms with E-state index in [4.69, 9.17) is 0 Å². The zero-order valence-electron chi connectivity index (χ0n) is 8.74. The summed E-state index contributed by atoms with van der Waals surface area (Å²) in [6, 6.07) is 0. The third-order valence-corrected chi connectivity index (χ3v) is 3.02. The Bertz CT molecular complexity index is 344. The van der Waals surface area contributed by atoms with Gasteiger partial charge in [-0.3, -0.25) is 9.59 Å². The van der Waals surface area contributed by atoms with Crippen molar-refractivity contribution in [1.82, 2.24) is 4.90 Å². The second-order valence-corrected chi connectivity index (χ2v) is 4.16. The molecule has 1 unspecified atom stereocenters. The monoisotopic (exact) mass is 205 g/mol. The standard InChI is InChI=1S/C12H15NO2/c1-2-9-6-12(15)13(8-9)10-4-3-5-11(14)7-10/h2,7,9H,1,3-6,8H2. The predicted octanol–water partition coefficient (Wildman–Crippen LogP) is 1.66. The molecule has 2 aliphatic rings. The van der Waals surface area contributed by atoms with Crippen LogP contribution in [0.25, 0.3) is 0 Å². The Morgan fingerprint density at radius 2 is 2.20 bits per heavy atom. The lowest BCUT2D eigenvalue weighted by Gasteiger charge is -2.22. The molecule has 0 aromatic rings. The first-order valence-corrected chi connectivity index (χ1v) is 5.37. The second kappa shape index (κ2) is 4.01. The van der Waals surface area contributed by atoms with E-state index in [1.165, 1.54) is 0 Å². The second-order valence-electron chi connectivity index (χ2n) is 4.16. The number of allylic oxidation sites excluding steroid dienone is 2. The van der Waals surface area contributed by atoms with E-state index in [1.54, 1.807) is 11.0 Å². The molecule has 1 heterocycles. The van der Waals surface area contributed by atoms with Gasteiger partial charge < -0.3 is 4.90 Å². The number of amides is 1. The molecule has 0 aromatic carbocycles. The van der Waals surface area contributed by atoms with Gasteiger partial charge in [0.25, 0.3) is 0 Å². The number of carbonyl (C=O) groups excluding carboxylic acids is 2. The predicted molar refractivity (Wildman–Crippen MR) is 57.0 cm³/mol. The zero-order chi connectivity index (χ0) is 10.8. The first kappa shape index (κ1) is 10.1. The van der Waals surface area contributed by atoms with E-state index in [9.17, 15) is 9.59 Å². The highest BCUT2D eigenvalue weighted by Crippen LogP contribution is 2.27. The van der Waals surface area contributed by atoms with Crippen LogP contribution in [0.2, 0.25) is 0 Å². The Balaban J connectivity index is 2.14. The number of hydrogen-bond donors (Lipinski definition) is 0. The summed E-state index contributed by atoms with van der Waals surface area (Å²) in [6.07, 6.45) is 6.33. The molecule has 0 bridgehead atoms. The lowest BCUT2D eigenvalue weighted by molar-refractivity contribution is -0.126. The molecular weight excluding hydrogens is 190 g/mol. The molecule has 0 radical (unpaired) electrons. The van der Waals surface area contributed by atoms with Crippen molar-refractivity contribution in [3.63, 3.8) is 0 Å². The van der Waals surface area contributed by atoms with Gasteiger partial charge >= 0.3 is 0 Å². The molecule has 15 heavy (non-hydrogen) atoms. The van der Waals surface area contributed by atoms with Gasteiger partial charge in [-0.05, 0) is 12.8 Å². The van der Waals surface area contributed by atoms with Crippen LogP contribution < -0.4 is 0 Å². The van der Waals surface area contributed by atoms with Crippen LogP contribution in [-0.4, -0.2) is 23.1 Å². The van der Waals surface area contributed by atoms with Crippen molar-refractivity contribution in [2.45, 2.75) is 25.7 Å². The Kier molecular flexibility index (Phi) is 2.71. The van der Waals surface area contributed by atoms with Gasteiger partial charge in [-0.1, -0.05) is 6.08 Å². The van der Waals surface area contributed by atoms with Crippen molar-refractivity contribution >= 4 is 11.7 Å². The molecule has 1 aliphatic heterocycles. The van der Waals surface area contributed by atoms with Crippen LogP contribution in [0.3, 0.4) is 0 Å². The van der Waals surface area contributed by atoms with Crippen LogP contribution >= 0.6 is 0 Å². The topological polar surface area (TPSA) is 37.4 Å². The number of nitrogens with zero attached hydrogens (tertiary/aromatic N) is 1. The molecule has 1 atom stereocenters. The van der Waals surface area contributed by atoms with Crippen molar-refractivity contribution in [3.8, 4) is 0 Å². The zero-order valence-corrected chi connectivity index (χ0v) is 8.74. The fourth-order valence-electron chi connectivity index (χ4n) is 2.16. The van der Waals surface area contributed by atoms with Crippen LogP contribution in [0.1, 0.15) is 25.7 Å². The van der Waals surface area contributed by atoms with Gasteiger partial charge in [0.1, 0.15) is 0 Å². The van der Waals surface area contributed by atoms with Crippen LogP contribution in [0.5, 0.6) is 0 Å². The maximum Gasteiger partial charge on any atom is 0.227 e. The number of carbonyl (C=O) groups is 2. The van der Waals surface area contributed by atoms with Crippen LogP contribution in [0, 0.1) is 5.92 Å². The minimum atomic E-state index is 0.126. The maximum absolute atomic E-state index is 11.7. The number of rotatable bonds is 2. The summed E-state index contributed by atoms with van der Waals surface area (Å²) in [7, 11) is 0. The van der Waals surface area contributed by atoms with Gasteiger partial charge in [-0.2, -0.15) is 0 Å². The summed E-state index contributed by atoms with van der Waals surface area (Å²) < 4.78 is 0. The summed E-state index contributed by atoms with van der Waals surface area (Å²) in [5, 5.41) is 0. The lowest BCUT2D eigenvalue weighted by Crippen LogP contribution is -2.26. The minimum absolute atomic E-state index is 0.126. The molecule has 1 saturated heterocycles. The summed E-state index contributed by atoms with van der Waals surface area (Å²) in [6.45, 7) is 4.40. The maximum atomic E-state index is 11.7.